The molecule has 3 aromatic heterocycles. The summed E-state index contributed by atoms with van der Waals surface area (Å²) < 4.78 is 15.7. The van der Waals surface area contributed by atoms with Crippen LogP contribution in [0.25, 0.3) is 22.4 Å². The number of halogens is 2. The van der Waals surface area contributed by atoms with Crippen molar-refractivity contribution >= 4 is 17.5 Å². The Morgan fingerprint density at radius 1 is 1.21 bits per heavy atom. The zero-order valence-electron chi connectivity index (χ0n) is 17.5. The Morgan fingerprint density at radius 3 is 2.70 bits per heavy atom. The molecule has 0 aliphatic heterocycles. The maximum atomic E-state index is 14.0. The van der Waals surface area contributed by atoms with E-state index in [0.29, 0.717) is 23.5 Å². The molecule has 1 N–H and O–H groups in total. The van der Waals surface area contributed by atoms with Crippen LogP contribution in [0.1, 0.15) is 23.0 Å². The lowest BCUT2D eigenvalue weighted by molar-refractivity contribution is 0.0931. The van der Waals surface area contributed by atoms with E-state index in [0.717, 1.165) is 11.1 Å². The maximum Gasteiger partial charge on any atom is 0.270 e. The lowest BCUT2D eigenvalue weighted by atomic mass is 10.1. The molecule has 0 saturated heterocycles. The summed E-state index contributed by atoms with van der Waals surface area (Å²) in [6, 6.07) is 13.2. The fourth-order valence-electron chi connectivity index (χ4n) is 3.30. The molecule has 9 heteroatoms. The van der Waals surface area contributed by atoms with Crippen molar-refractivity contribution in [2.75, 3.05) is 0 Å². The molecular weight excluding hydrogens is 443 g/mol. The van der Waals surface area contributed by atoms with Gasteiger partial charge in [-0.1, -0.05) is 23.7 Å². The topological polar surface area (TPSA) is 96.5 Å². The minimum absolute atomic E-state index is 0.0322. The molecular formula is C24H18ClFN6O. The van der Waals surface area contributed by atoms with E-state index in [9.17, 15) is 9.18 Å². The van der Waals surface area contributed by atoms with Gasteiger partial charge in [-0.25, -0.2) is 4.39 Å². The molecule has 0 aliphatic rings. The summed E-state index contributed by atoms with van der Waals surface area (Å²) in [7, 11) is 0. The van der Waals surface area contributed by atoms with E-state index in [1.165, 1.54) is 12.1 Å². The molecule has 164 valence electrons. The van der Waals surface area contributed by atoms with Gasteiger partial charge in [-0.15, -0.1) is 0 Å². The first-order chi connectivity index (χ1) is 15.9. The number of hydrogen-bond acceptors (Lipinski definition) is 5. The predicted molar refractivity (Wildman–Crippen MR) is 122 cm³/mol. The minimum Gasteiger partial charge on any atom is -0.346 e. The number of pyridine rings is 2. The van der Waals surface area contributed by atoms with Gasteiger partial charge in [-0.3, -0.25) is 19.4 Å². The van der Waals surface area contributed by atoms with Crippen molar-refractivity contribution in [3.8, 4) is 28.5 Å². The Hall–Kier alpha value is -4.09. The summed E-state index contributed by atoms with van der Waals surface area (Å²) in [6.07, 6.45) is 6.79. The molecule has 3 heterocycles. The van der Waals surface area contributed by atoms with Gasteiger partial charge >= 0.3 is 0 Å². The summed E-state index contributed by atoms with van der Waals surface area (Å²) in [4.78, 5) is 20.9. The molecule has 4 aromatic rings. The van der Waals surface area contributed by atoms with E-state index in [2.05, 4.69) is 20.4 Å². The number of benzene rings is 1. The minimum atomic E-state index is -0.697. The van der Waals surface area contributed by atoms with Gasteiger partial charge in [0.1, 0.15) is 23.1 Å². The lowest BCUT2D eigenvalue weighted by Crippen LogP contribution is -2.36. The summed E-state index contributed by atoms with van der Waals surface area (Å²) in [5.41, 5.74) is 2.87. The van der Waals surface area contributed by atoms with Crippen LogP contribution < -0.4 is 5.32 Å². The van der Waals surface area contributed by atoms with Crippen molar-refractivity contribution in [2.24, 2.45) is 0 Å². The highest BCUT2D eigenvalue weighted by molar-refractivity contribution is 6.32. The molecule has 1 amide bonds. The SMILES string of the molecule is C[C@@H](Cn1ccc(-c2cc(F)c(C#N)c(Cl)c2)n1)NC(=O)c1ccc(-c2cccnc2)cn1. The number of rotatable bonds is 6. The smallest absolute Gasteiger partial charge is 0.270 e. The zero-order chi connectivity index (χ0) is 23.4. The monoisotopic (exact) mass is 460 g/mol. The molecule has 0 saturated carbocycles. The molecule has 0 radical (unpaired) electrons. The number of carbonyl (C=O) groups excluding carboxylic acids is 1. The van der Waals surface area contributed by atoms with Crippen LogP contribution in [0, 0.1) is 17.1 Å². The van der Waals surface area contributed by atoms with E-state index < -0.39 is 5.82 Å². The van der Waals surface area contributed by atoms with Crippen LogP contribution in [0.3, 0.4) is 0 Å². The highest BCUT2D eigenvalue weighted by atomic mass is 35.5. The summed E-state index contributed by atoms with van der Waals surface area (Å²) in [6.45, 7) is 2.24. The predicted octanol–water partition coefficient (Wildman–Crippen LogP) is 4.49. The number of nitrogens with zero attached hydrogens (tertiary/aromatic N) is 5. The lowest BCUT2D eigenvalue weighted by Gasteiger charge is -2.14. The molecule has 0 spiro atoms. The molecule has 0 fully saturated rings. The fourth-order valence-corrected chi connectivity index (χ4v) is 3.55. The normalized spacial score (nSPS) is 11.6. The molecule has 0 aliphatic carbocycles. The van der Waals surface area contributed by atoms with Crippen LogP contribution >= 0.6 is 11.6 Å². The number of carbonyl (C=O) groups is 1. The second-order valence-corrected chi connectivity index (χ2v) is 7.81. The second kappa shape index (κ2) is 9.59. The van der Waals surface area contributed by atoms with Crippen molar-refractivity contribution in [1.82, 2.24) is 25.1 Å². The maximum absolute atomic E-state index is 14.0. The van der Waals surface area contributed by atoms with Gasteiger partial charge < -0.3 is 5.32 Å². The Morgan fingerprint density at radius 2 is 2.03 bits per heavy atom. The van der Waals surface area contributed by atoms with Crippen molar-refractivity contribution in [3.63, 3.8) is 0 Å². The Kier molecular flexibility index (Phi) is 6.43. The van der Waals surface area contributed by atoms with Crippen LogP contribution in [0.4, 0.5) is 4.39 Å². The van der Waals surface area contributed by atoms with E-state index in [-0.39, 0.29) is 22.5 Å². The highest BCUT2D eigenvalue weighted by Gasteiger charge is 2.15. The number of hydrogen-bond donors (Lipinski definition) is 1. The van der Waals surface area contributed by atoms with Gasteiger partial charge in [-0.05, 0) is 37.3 Å². The molecule has 7 nitrogen and oxygen atoms in total. The average Bonchev–Trinajstić information content (AvgIpc) is 3.28. The molecule has 1 atom stereocenters. The van der Waals surface area contributed by atoms with Gasteiger partial charge in [0, 0.05) is 47.5 Å². The van der Waals surface area contributed by atoms with E-state index >= 15 is 0 Å². The van der Waals surface area contributed by atoms with Gasteiger partial charge in [0.05, 0.1) is 17.3 Å². The third-order valence-electron chi connectivity index (χ3n) is 4.92. The van der Waals surface area contributed by atoms with Gasteiger partial charge in [0.15, 0.2) is 0 Å². The first-order valence-corrected chi connectivity index (χ1v) is 10.4. The molecule has 1 aromatic carbocycles. The van der Waals surface area contributed by atoms with Crippen molar-refractivity contribution < 1.29 is 9.18 Å². The number of nitriles is 1. The van der Waals surface area contributed by atoms with Crippen molar-refractivity contribution in [3.05, 3.63) is 89.3 Å². The van der Waals surface area contributed by atoms with Crippen LogP contribution in [0.5, 0.6) is 0 Å². The highest BCUT2D eigenvalue weighted by Crippen LogP contribution is 2.26. The van der Waals surface area contributed by atoms with Crippen LogP contribution in [-0.2, 0) is 6.54 Å². The summed E-state index contributed by atoms with van der Waals surface area (Å²) >= 11 is 5.98. The third kappa shape index (κ3) is 5.05. The zero-order valence-corrected chi connectivity index (χ0v) is 18.3. The third-order valence-corrected chi connectivity index (χ3v) is 5.22. The van der Waals surface area contributed by atoms with E-state index in [1.54, 1.807) is 47.7 Å². The van der Waals surface area contributed by atoms with Crippen molar-refractivity contribution in [2.45, 2.75) is 19.5 Å². The second-order valence-electron chi connectivity index (χ2n) is 7.40. The first-order valence-electron chi connectivity index (χ1n) is 10.0. The largest absolute Gasteiger partial charge is 0.346 e. The Bertz CT molecular complexity index is 1310. The summed E-state index contributed by atoms with van der Waals surface area (Å²) in [5.74, 6) is -0.995. The fraction of sp³-hybridized carbons (Fsp3) is 0.125. The van der Waals surface area contributed by atoms with Crippen LogP contribution in [-0.4, -0.2) is 31.7 Å². The van der Waals surface area contributed by atoms with Gasteiger partial charge in [0.2, 0.25) is 0 Å². The number of nitrogens with one attached hydrogen (secondary N) is 1. The first kappa shape index (κ1) is 22.1. The quantitative estimate of drug-likeness (QED) is 0.457. The average molecular weight is 461 g/mol. The van der Waals surface area contributed by atoms with E-state index in [4.69, 9.17) is 16.9 Å². The standard InChI is InChI=1S/C24H18ClFN6O/c1-15(30-24(33)23-5-4-17(13-29-23)16-3-2-7-28-12-16)14-32-8-6-22(31-32)18-9-20(25)19(11-27)21(26)10-18/h2-10,12-13,15H,14H2,1H3,(H,30,33)/t15-/m0/s1. The Labute approximate surface area is 194 Å². The Balaban J connectivity index is 1.39. The van der Waals surface area contributed by atoms with Crippen molar-refractivity contribution in [1.29, 1.82) is 5.26 Å². The summed E-state index contributed by atoms with van der Waals surface area (Å²) in [5, 5.41) is 16.3. The van der Waals surface area contributed by atoms with Gasteiger partial charge in [0.25, 0.3) is 5.91 Å². The molecule has 33 heavy (non-hydrogen) atoms. The molecule has 0 unspecified atom stereocenters. The number of amides is 1. The van der Waals surface area contributed by atoms with Crippen LogP contribution in [0.2, 0.25) is 5.02 Å². The molecule has 4 rings (SSSR count). The van der Waals surface area contributed by atoms with Gasteiger partial charge in [-0.2, -0.15) is 10.4 Å². The molecule has 0 bridgehead atoms. The van der Waals surface area contributed by atoms with E-state index in [1.807, 2.05) is 25.1 Å². The number of aromatic nitrogens is 4. The van der Waals surface area contributed by atoms with Crippen LogP contribution in [0.15, 0.2) is 67.3 Å².